The molecular formula is C28H31F3N6O3S. The molecule has 1 aliphatic rings. The zero-order valence-corrected chi connectivity index (χ0v) is 23.7. The monoisotopic (exact) mass is 588 g/mol. The van der Waals surface area contributed by atoms with Crippen molar-refractivity contribution in [2.45, 2.75) is 56.6 Å². The molecule has 4 aromatic rings. The molecule has 13 heteroatoms. The summed E-state index contributed by atoms with van der Waals surface area (Å²) in [5.74, 6) is 1.38. The van der Waals surface area contributed by atoms with Crippen LogP contribution in [0.3, 0.4) is 0 Å². The number of thiophene rings is 1. The van der Waals surface area contributed by atoms with Gasteiger partial charge in [0.15, 0.2) is 5.75 Å². The summed E-state index contributed by atoms with van der Waals surface area (Å²) in [5.41, 5.74) is 2.72. The first-order valence-corrected chi connectivity index (χ1v) is 14.0. The molecule has 1 aromatic carbocycles. The van der Waals surface area contributed by atoms with E-state index in [2.05, 4.69) is 30.8 Å². The molecule has 2 N–H and O–H groups in total. The second-order valence-electron chi connectivity index (χ2n) is 9.87. The summed E-state index contributed by atoms with van der Waals surface area (Å²) in [4.78, 5) is 9.28. The summed E-state index contributed by atoms with van der Waals surface area (Å²) in [5, 5.41) is 16.0. The van der Waals surface area contributed by atoms with Crippen molar-refractivity contribution >= 4 is 27.4 Å². The fraction of sp³-hybridized carbons (Fsp3) is 0.429. The molecule has 1 fully saturated rings. The number of anilines is 1. The highest BCUT2D eigenvalue weighted by Gasteiger charge is 2.32. The van der Waals surface area contributed by atoms with Gasteiger partial charge < -0.3 is 24.8 Å². The number of benzene rings is 1. The van der Waals surface area contributed by atoms with Crippen molar-refractivity contribution in [2.24, 2.45) is 0 Å². The number of alkyl halides is 3. The Morgan fingerprint density at radius 2 is 1.80 bits per heavy atom. The lowest BCUT2D eigenvalue weighted by atomic mass is 9.88. The summed E-state index contributed by atoms with van der Waals surface area (Å²) in [6, 6.07) is 11.6. The maximum Gasteiger partial charge on any atom is 0.393 e. The van der Waals surface area contributed by atoms with Crippen LogP contribution >= 0.6 is 11.3 Å². The van der Waals surface area contributed by atoms with Crippen molar-refractivity contribution < 1.29 is 27.4 Å². The van der Waals surface area contributed by atoms with E-state index in [1.807, 2.05) is 24.3 Å². The molecule has 3 unspecified atom stereocenters. The van der Waals surface area contributed by atoms with Crippen molar-refractivity contribution in [1.29, 1.82) is 0 Å². The molecule has 0 bridgehead atoms. The second-order valence-corrected chi connectivity index (χ2v) is 11.0. The predicted octanol–water partition coefficient (Wildman–Crippen LogP) is 5.41. The van der Waals surface area contributed by atoms with Crippen LogP contribution in [0.2, 0.25) is 0 Å². The molecule has 9 nitrogen and oxygen atoms in total. The number of hydrogen-bond donors (Lipinski definition) is 2. The second kappa shape index (κ2) is 12.5. The lowest BCUT2D eigenvalue weighted by Crippen LogP contribution is -2.47. The van der Waals surface area contributed by atoms with Crippen molar-refractivity contribution in [3.63, 3.8) is 0 Å². The van der Waals surface area contributed by atoms with Gasteiger partial charge in [0, 0.05) is 36.2 Å². The number of nitrogens with zero attached hydrogens (tertiary/aromatic N) is 4. The van der Waals surface area contributed by atoms with Crippen LogP contribution in [0.15, 0.2) is 42.7 Å². The molecule has 0 spiro atoms. The van der Waals surface area contributed by atoms with Gasteiger partial charge in [-0.15, -0.1) is 21.5 Å². The normalized spacial score (nSPS) is 19.3. The van der Waals surface area contributed by atoms with E-state index in [1.54, 1.807) is 20.3 Å². The number of nitrogens with one attached hydrogen (secondary N) is 2. The third kappa shape index (κ3) is 7.03. The van der Waals surface area contributed by atoms with E-state index in [0.29, 0.717) is 39.9 Å². The van der Waals surface area contributed by atoms with Gasteiger partial charge in [0.25, 0.3) is 5.88 Å². The number of hydrogen-bond acceptors (Lipinski definition) is 10. The van der Waals surface area contributed by atoms with E-state index >= 15 is 0 Å². The fourth-order valence-electron chi connectivity index (χ4n) is 5.09. The van der Waals surface area contributed by atoms with E-state index in [9.17, 15) is 13.2 Å². The maximum atomic E-state index is 12.9. The maximum absolute atomic E-state index is 12.9. The van der Waals surface area contributed by atoms with Crippen LogP contribution < -0.4 is 20.1 Å². The fourth-order valence-corrected chi connectivity index (χ4v) is 6.12. The Hall–Kier alpha value is -3.55. The van der Waals surface area contributed by atoms with E-state index in [-0.39, 0.29) is 23.1 Å². The Morgan fingerprint density at radius 3 is 2.51 bits per heavy atom. The molecule has 0 amide bonds. The Labute approximate surface area is 239 Å². The van der Waals surface area contributed by atoms with Crippen LogP contribution in [0.4, 0.5) is 19.0 Å². The van der Waals surface area contributed by atoms with Gasteiger partial charge in [-0.1, -0.05) is 24.3 Å². The molecule has 218 valence electrons. The van der Waals surface area contributed by atoms with Gasteiger partial charge in [0.1, 0.15) is 17.0 Å². The van der Waals surface area contributed by atoms with Crippen molar-refractivity contribution in [2.75, 3.05) is 26.6 Å². The summed E-state index contributed by atoms with van der Waals surface area (Å²) >= 11 is 1.04. The first kappa shape index (κ1) is 29.0. The van der Waals surface area contributed by atoms with E-state index < -0.39 is 12.6 Å². The highest BCUT2D eigenvalue weighted by molar-refractivity contribution is 7.18. The standard InChI is InChI=1S/C28H31F3N6O3S/c1-38-23-9-8-18(10-22(23)35-25-20-11-19(13-28(29,30)31)41-27(20)34-15-33-25)32-14-16-4-6-17(7-5-16)21-12-24(39-2)26(40-3)37-36-21/h4-7,11-12,15,18,22-23,32H,8-10,13-14H2,1-3H3,(H,33,34,35). The molecular weight excluding hydrogens is 557 g/mol. The first-order chi connectivity index (χ1) is 19.8. The number of rotatable bonds is 10. The van der Waals surface area contributed by atoms with E-state index in [4.69, 9.17) is 14.2 Å². The minimum atomic E-state index is -4.27. The number of methoxy groups -OCH3 is 3. The largest absolute Gasteiger partial charge is 0.491 e. The molecule has 1 aliphatic carbocycles. The number of ether oxygens (including phenoxy) is 3. The minimum Gasteiger partial charge on any atom is -0.491 e. The average molecular weight is 589 g/mol. The zero-order valence-electron chi connectivity index (χ0n) is 22.9. The third-order valence-corrected chi connectivity index (χ3v) is 8.19. The number of halogens is 3. The van der Waals surface area contributed by atoms with Gasteiger partial charge in [-0.3, -0.25) is 0 Å². The number of fused-ring (bicyclic) bond motifs is 1. The highest BCUT2D eigenvalue weighted by Crippen LogP contribution is 2.34. The molecule has 3 atom stereocenters. The molecule has 5 rings (SSSR count). The van der Waals surface area contributed by atoms with Crippen molar-refractivity contribution in [3.05, 3.63) is 53.2 Å². The van der Waals surface area contributed by atoms with E-state index in [0.717, 1.165) is 41.7 Å². The van der Waals surface area contributed by atoms with Crippen LogP contribution in [0.1, 0.15) is 29.7 Å². The summed E-state index contributed by atoms with van der Waals surface area (Å²) in [6.45, 7) is 0.677. The van der Waals surface area contributed by atoms with Crippen LogP contribution in [0, 0.1) is 0 Å². The van der Waals surface area contributed by atoms with Crippen LogP contribution in [-0.4, -0.2) is 65.9 Å². The lowest BCUT2D eigenvalue weighted by molar-refractivity contribution is -0.126. The smallest absolute Gasteiger partial charge is 0.393 e. The van der Waals surface area contributed by atoms with Crippen LogP contribution in [0.5, 0.6) is 11.6 Å². The molecule has 0 saturated heterocycles. The van der Waals surface area contributed by atoms with Crippen LogP contribution in [0.25, 0.3) is 21.5 Å². The van der Waals surface area contributed by atoms with Gasteiger partial charge in [0.2, 0.25) is 0 Å². The quantitative estimate of drug-likeness (QED) is 0.252. The van der Waals surface area contributed by atoms with Crippen LogP contribution in [-0.2, 0) is 17.7 Å². The van der Waals surface area contributed by atoms with Crippen molar-refractivity contribution in [3.8, 4) is 22.9 Å². The molecule has 41 heavy (non-hydrogen) atoms. The summed E-state index contributed by atoms with van der Waals surface area (Å²) < 4.78 is 55.1. The van der Waals surface area contributed by atoms with Crippen molar-refractivity contribution in [1.82, 2.24) is 25.5 Å². The Balaban J connectivity index is 1.23. The number of aromatic nitrogens is 4. The SMILES string of the molecule is COc1cc(-c2ccc(CNC3CCC(OC)C(Nc4ncnc5sc(CC(F)(F)F)cc45)C3)cc2)nnc1OC. The van der Waals surface area contributed by atoms with Gasteiger partial charge in [-0.2, -0.15) is 13.2 Å². The first-order valence-electron chi connectivity index (χ1n) is 13.1. The topological polar surface area (TPSA) is 103 Å². The van der Waals surface area contributed by atoms with E-state index in [1.165, 1.54) is 19.5 Å². The molecule has 3 aromatic heterocycles. The van der Waals surface area contributed by atoms with Gasteiger partial charge in [-0.25, -0.2) is 9.97 Å². The highest BCUT2D eigenvalue weighted by atomic mass is 32.1. The Morgan fingerprint density at radius 1 is 1.00 bits per heavy atom. The molecule has 1 saturated carbocycles. The van der Waals surface area contributed by atoms with Gasteiger partial charge in [0.05, 0.1) is 43.9 Å². The molecule has 0 aliphatic heterocycles. The Kier molecular flexibility index (Phi) is 8.85. The lowest BCUT2D eigenvalue weighted by Gasteiger charge is -2.36. The predicted molar refractivity (Wildman–Crippen MR) is 150 cm³/mol. The molecule has 3 heterocycles. The summed E-state index contributed by atoms with van der Waals surface area (Å²) in [7, 11) is 4.76. The zero-order chi connectivity index (χ0) is 29.0. The average Bonchev–Trinajstić information content (AvgIpc) is 3.38. The molecule has 0 radical (unpaired) electrons. The van der Waals surface area contributed by atoms with Gasteiger partial charge in [-0.05, 0) is 30.9 Å². The Bertz CT molecular complexity index is 1470. The summed E-state index contributed by atoms with van der Waals surface area (Å²) in [6.07, 6.45) is -1.38. The minimum absolute atomic E-state index is 0.0479. The van der Waals surface area contributed by atoms with Gasteiger partial charge >= 0.3 is 6.18 Å². The third-order valence-electron chi connectivity index (χ3n) is 7.15.